The second-order valence-corrected chi connectivity index (χ2v) is 4.77. The SMILES string of the molecule is CSc1cc(/C=C/C(=O)N=[N+]=[N-])ccc1I. The number of rotatable bonds is 3. The summed E-state index contributed by atoms with van der Waals surface area (Å²) in [6, 6.07) is 5.86. The van der Waals surface area contributed by atoms with Gasteiger partial charge in [0, 0.05) is 13.4 Å². The highest BCUT2D eigenvalue weighted by Gasteiger charge is 1.98. The van der Waals surface area contributed by atoms with E-state index in [0.717, 1.165) is 10.5 Å². The number of nitrogens with zero attached hydrogens (tertiary/aromatic N) is 3. The number of amides is 1. The van der Waals surface area contributed by atoms with Crippen LogP contribution in [0.15, 0.2) is 34.3 Å². The zero-order valence-corrected chi connectivity index (χ0v) is 11.4. The molecule has 1 amide bonds. The normalized spacial score (nSPS) is 10.1. The van der Waals surface area contributed by atoms with Crippen molar-refractivity contribution in [1.29, 1.82) is 0 Å². The number of hydrogen-bond donors (Lipinski definition) is 0. The molecule has 4 nitrogen and oxygen atoms in total. The maximum atomic E-state index is 10.9. The van der Waals surface area contributed by atoms with Crippen LogP contribution in [0, 0.1) is 3.57 Å². The Morgan fingerprint density at radius 3 is 3.00 bits per heavy atom. The van der Waals surface area contributed by atoms with Gasteiger partial charge in [-0.1, -0.05) is 12.1 Å². The molecule has 0 saturated carbocycles. The first-order valence-electron chi connectivity index (χ1n) is 4.28. The van der Waals surface area contributed by atoms with Gasteiger partial charge < -0.3 is 0 Å². The predicted molar refractivity (Wildman–Crippen MR) is 74.1 cm³/mol. The zero-order valence-electron chi connectivity index (χ0n) is 8.42. The lowest BCUT2D eigenvalue weighted by atomic mass is 10.2. The number of halogens is 1. The van der Waals surface area contributed by atoms with E-state index >= 15 is 0 Å². The van der Waals surface area contributed by atoms with E-state index in [9.17, 15) is 4.79 Å². The monoisotopic (exact) mass is 345 g/mol. The van der Waals surface area contributed by atoms with Crippen LogP contribution < -0.4 is 0 Å². The average molecular weight is 345 g/mol. The van der Waals surface area contributed by atoms with E-state index in [-0.39, 0.29) is 0 Å². The van der Waals surface area contributed by atoms with E-state index in [1.807, 2.05) is 24.5 Å². The summed E-state index contributed by atoms with van der Waals surface area (Å²) in [5.41, 5.74) is 8.96. The van der Waals surface area contributed by atoms with Crippen LogP contribution in [0.5, 0.6) is 0 Å². The highest BCUT2D eigenvalue weighted by Crippen LogP contribution is 2.23. The van der Waals surface area contributed by atoms with Gasteiger partial charge >= 0.3 is 0 Å². The summed E-state index contributed by atoms with van der Waals surface area (Å²) in [6.07, 6.45) is 4.88. The Bertz CT molecular complexity index is 481. The third-order valence-corrected chi connectivity index (χ3v) is 3.82. The number of hydrogen-bond acceptors (Lipinski definition) is 2. The molecule has 0 aromatic heterocycles. The fourth-order valence-corrected chi connectivity index (χ4v) is 2.54. The first kappa shape index (κ1) is 13.1. The third kappa shape index (κ3) is 3.88. The van der Waals surface area contributed by atoms with E-state index in [1.165, 1.54) is 9.65 Å². The number of azide groups is 1. The van der Waals surface area contributed by atoms with Crippen molar-refractivity contribution in [3.63, 3.8) is 0 Å². The van der Waals surface area contributed by atoms with E-state index in [2.05, 4.69) is 32.6 Å². The molecule has 0 heterocycles. The summed E-state index contributed by atoms with van der Waals surface area (Å²) in [4.78, 5) is 14.5. The summed E-state index contributed by atoms with van der Waals surface area (Å²) in [5.74, 6) is -0.591. The molecule has 16 heavy (non-hydrogen) atoms. The van der Waals surface area contributed by atoms with E-state index in [0.29, 0.717) is 0 Å². The van der Waals surface area contributed by atoms with Crippen molar-refractivity contribution < 1.29 is 4.79 Å². The molecule has 1 aromatic rings. The van der Waals surface area contributed by atoms with E-state index < -0.39 is 5.91 Å². The predicted octanol–water partition coefficient (Wildman–Crippen LogP) is 3.86. The minimum Gasteiger partial charge on any atom is -0.288 e. The number of thioether (sulfide) groups is 1. The van der Waals surface area contributed by atoms with Crippen LogP contribution in [0.2, 0.25) is 0 Å². The molecule has 0 atom stereocenters. The second kappa shape index (κ2) is 6.57. The van der Waals surface area contributed by atoms with Gasteiger partial charge in [0.2, 0.25) is 5.91 Å². The lowest BCUT2D eigenvalue weighted by Crippen LogP contribution is -1.84. The molecule has 0 spiro atoms. The van der Waals surface area contributed by atoms with Gasteiger partial charge in [-0.2, -0.15) is 0 Å². The number of benzene rings is 1. The van der Waals surface area contributed by atoms with Crippen molar-refractivity contribution in [2.75, 3.05) is 6.26 Å². The van der Waals surface area contributed by atoms with Gasteiger partial charge in [-0.25, -0.2) is 0 Å². The third-order valence-electron chi connectivity index (χ3n) is 1.74. The van der Waals surface area contributed by atoms with Crippen molar-refractivity contribution >= 4 is 46.3 Å². The molecule has 0 unspecified atom stereocenters. The molecule has 0 aliphatic rings. The molecule has 0 radical (unpaired) electrons. The molecule has 82 valence electrons. The number of carbonyl (C=O) groups is 1. The van der Waals surface area contributed by atoms with Crippen LogP contribution in [-0.2, 0) is 4.79 Å². The molecular weight excluding hydrogens is 337 g/mol. The maximum Gasteiger partial charge on any atom is 0.242 e. The van der Waals surface area contributed by atoms with Crippen LogP contribution in [0.1, 0.15) is 5.56 Å². The summed E-state index contributed by atoms with van der Waals surface area (Å²) < 4.78 is 1.17. The van der Waals surface area contributed by atoms with Crippen molar-refractivity contribution in [2.45, 2.75) is 4.90 Å². The zero-order chi connectivity index (χ0) is 12.0. The van der Waals surface area contributed by atoms with Gasteiger partial charge in [-0.05, 0) is 63.3 Å². The van der Waals surface area contributed by atoms with E-state index in [4.69, 9.17) is 5.53 Å². The Labute approximate surface area is 111 Å². The summed E-state index contributed by atoms with van der Waals surface area (Å²) in [5, 5.41) is 2.95. The fraction of sp³-hybridized carbons (Fsp3) is 0.100. The van der Waals surface area contributed by atoms with E-state index in [1.54, 1.807) is 17.8 Å². The Kier molecular flexibility index (Phi) is 5.37. The standard InChI is InChI=1S/C10H8IN3OS/c1-16-9-6-7(2-4-8(9)11)3-5-10(15)13-14-12/h2-6H,1H3/b5-3+. The highest BCUT2D eigenvalue weighted by molar-refractivity contribution is 14.1. The van der Waals surface area contributed by atoms with Crippen molar-refractivity contribution in [3.05, 3.63) is 43.9 Å². The quantitative estimate of drug-likeness (QED) is 0.208. The molecule has 0 N–H and O–H groups in total. The summed E-state index contributed by atoms with van der Waals surface area (Å²) >= 11 is 3.90. The molecule has 0 aliphatic heterocycles. The molecule has 0 aliphatic carbocycles. The van der Waals surface area contributed by atoms with Crippen molar-refractivity contribution in [1.82, 2.24) is 0 Å². The van der Waals surface area contributed by atoms with Gasteiger partial charge in [-0.3, -0.25) is 4.79 Å². The van der Waals surface area contributed by atoms with Crippen LogP contribution >= 0.6 is 34.4 Å². The summed E-state index contributed by atoms with van der Waals surface area (Å²) in [7, 11) is 0. The van der Waals surface area contributed by atoms with Gasteiger partial charge in [0.15, 0.2) is 0 Å². The lowest BCUT2D eigenvalue weighted by Gasteiger charge is -2.01. The lowest BCUT2D eigenvalue weighted by molar-refractivity contribution is -0.113. The molecule has 1 aromatic carbocycles. The molecule has 1 rings (SSSR count). The Morgan fingerprint density at radius 2 is 2.38 bits per heavy atom. The first-order valence-corrected chi connectivity index (χ1v) is 6.58. The van der Waals surface area contributed by atoms with Crippen LogP contribution in [-0.4, -0.2) is 12.2 Å². The van der Waals surface area contributed by atoms with Gasteiger partial charge in [0.1, 0.15) is 0 Å². The van der Waals surface area contributed by atoms with Crippen LogP contribution in [0.3, 0.4) is 0 Å². The maximum absolute atomic E-state index is 10.9. The highest BCUT2D eigenvalue weighted by atomic mass is 127. The van der Waals surface area contributed by atoms with Crippen molar-refractivity contribution in [3.8, 4) is 0 Å². The Morgan fingerprint density at radius 1 is 1.62 bits per heavy atom. The largest absolute Gasteiger partial charge is 0.288 e. The molecule has 6 heteroatoms. The first-order chi connectivity index (χ1) is 7.67. The Hall–Kier alpha value is -0.980. The van der Waals surface area contributed by atoms with Gasteiger partial charge in [-0.15, -0.1) is 11.8 Å². The van der Waals surface area contributed by atoms with Crippen molar-refractivity contribution in [2.24, 2.45) is 5.11 Å². The topological polar surface area (TPSA) is 65.8 Å². The average Bonchev–Trinajstić information content (AvgIpc) is 2.28. The summed E-state index contributed by atoms with van der Waals surface area (Å²) in [6.45, 7) is 0. The van der Waals surface area contributed by atoms with Gasteiger partial charge in [0.25, 0.3) is 0 Å². The molecule has 0 fully saturated rings. The minimum atomic E-state index is -0.591. The second-order valence-electron chi connectivity index (χ2n) is 2.75. The molecule has 0 bridgehead atoms. The molecular formula is C10H8IN3OS. The van der Waals surface area contributed by atoms with Crippen LogP contribution in [0.25, 0.3) is 16.5 Å². The van der Waals surface area contributed by atoms with Gasteiger partial charge in [0.05, 0.1) is 0 Å². The number of carbonyl (C=O) groups excluding carboxylic acids is 1. The molecule has 0 saturated heterocycles. The smallest absolute Gasteiger partial charge is 0.242 e. The fourth-order valence-electron chi connectivity index (χ4n) is 1.02. The van der Waals surface area contributed by atoms with Crippen LogP contribution in [0.4, 0.5) is 0 Å². The minimum absolute atomic E-state index is 0.591. The Balaban J connectivity index is 2.90.